The molecule has 0 aromatic carbocycles. The third-order valence-electron chi connectivity index (χ3n) is 6.68. The molecule has 1 aliphatic heterocycles. The second kappa shape index (κ2) is 7.77. The summed E-state index contributed by atoms with van der Waals surface area (Å²) in [5.74, 6) is 0. The molecule has 3 aromatic heterocycles. The highest BCUT2D eigenvalue weighted by atomic mass is 19.4. The van der Waals surface area contributed by atoms with Gasteiger partial charge in [0.05, 0.1) is 12.5 Å². The first-order chi connectivity index (χ1) is 15.7. The Morgan fingerprint density at radius 2 is 2.00 bits per heavy atom. The first kappa shape index (κ1) is 21.8. The van der Waals surface area contributed by atoms with Gasteiger partial charge in [-0.05, 0) is 43.2 Å². The van der Waals surface area contributed by atoms with Crippen molar-refractivity contribution < 1.29 is 22.0 Å². The lowest BCUT2D eigenvalue weighted by molar-refractivity contribution is -0.141. The number of alkyl halides is 5. The summed E-state index contributed by atoms with van der Waals surface area (Å²) in [7, 11) is 0. The van der Waals surface area contributed by atoms with Gasteiger partial charge in [0.15, 0.2) is 5.52 Å². The number of hydrogen-bond donors (Lipinski definition) is 0. The summed E-state index contributed by atoms with van der Waals surface area (Å²) in [6, 6.07) is 2.51. The summed E-state index contributed by atoms with van der Waals surface area (Å²) in [5.41, 5.74) is -0.640. The van der Waals surface area contributed by atoms with E-state index < -0.39 is 30.4 Å². The second-order valence-corrected chi connectivity index (χ2v) is 8.89. The number of anilines is 1. The number of pyridine rings is 1. The van der Waals surface area contributed by atoms with E-state index in [0.717, 1.165) is 23.6 Å². The van der Waals surface area contributed by atoms with Gasteiger partial charge in [-0.25, -0.2) is 13.8 Å². The van der Waals surface area contributed by atoms with Crippen LogP contribution in [0.25, 0.3) is 11.0 Å². The van der Waals surface area contributed by atoms with E-state index in [0.29, 0.717) is 31.6 Å². The van der Waals surface area contributed by atoms with Crippen LogP contribution >= 0.6 is 0 Å². The second-order valence-electron chi connectivity index (χ2n) is 8.89. The van der Waals surface area contributed by atoms with Crippen LogP contribution in [-0.2, 0) is 12.7 Å². The number of piperidine rings is 1. The maximum atomic E-state index is 13.1. The number of halogens is 5. The maximum Gasteiger partial charge on any atom is 0.433 e. The average molecular weight is 468 g/mol. The predicted octanol–water partition coefficient (Wildman–Crippen LogP) is 3.89. The summed E-state index contributed by atoms with van der Waals surface area (Å²) in [6.07, 6.45) is -0.194. The average Bonchev–Trinajstić information content (AvgIpc) is 3.15. The van der Waals surface area contributed by atoms with Gasteiger partial charge in [0.25, 0.3) is 12.0 Å². The molecule has 0 amide bonds. The van der Waals surface area contributed by atoms with E-state index in [1.54, 1.807) is 6.07 Å². The number of aromatic nitrogens is 5. The van der Waals surface area contributed by atoms with Crippen molar-refractivity contribution in [1.82, 2.24) is 24.3 Å². The normalized spacial score (nSPS) is 23.5. The van der Waals surface area contributed by atoms with Crippen molar-refractivity contribution in [3.63, 3.8) is 0 Å². The van der Waals surface area contributed by atoms with E-state index in [2.05, 4.69) is 15.1 Å². The fraction of sp³-hybridized carbons (Fsp3) is 0.524. The van der Waals surface area contributed by atoms with E-state index in [1.807, 2.05) is 4.90 Å². The van der Waals surface area contributed by atoms with Crippen LogP contribution in [0.2, 0.25) is 0 Å². The minimum Gasteiger partial charge on any atom is -0.371 e. The minimum atomic E-state index is -4.51. The van der Waals surface area contributed by atoms with Crippen molar-refractivity contribution in [2.75, 3.05) is 18.0 Å². The topological polar surface area (TPSA) is 68.8 Å². The molecule has 0 bridgehead atoms. The molecule has 1 aliphatic carbocycles. The summed E-state index contributed by atoms with van der Waals surface area (Å²) >= 11 is 0. The Bertz CT molecular complexity index is 1230. The van der Waals surface area contributed by atoms with Gasteiger partial charge in [-0.1, -0.05) is 0 Å². The molecule has 1 saturated carbocycles. The number of nitrogens with zero attached hydrogens (tertiary/aromatic N) is 6. The van der Waals surface area contributed by atoms with Crippen molar-refractivity contribution >= 4 is 16.7 Å². The van der Waals surface area contributed by atoms with Crippen LogP contribution in [0, 0.1) is 5.41 Å². The Kier molecular flexibility index (Phi) is 5.13. The monoisotopic (exact) mass is 468 g/mol. The molecule has 0 radical (unpaired) electrons. The fourth-order valence-corrected chi connectivity index (χ4v) is 5.19. The van der Waals surface area contributed by atoms with Crippen LogP contribution < -0.4 is 10.5 Å². The van der Waals surface area contributed by atoms with Crippen LogP contribution in [0.15, 0.2) is 35.6 Å². The number of rotatable bonds is 4. The standard InChI is InChI=1S/C21H21F5N6O/c22-17(23)10-32-18-15(9-29-32)28-12-31(19(18)33)14-7-20(8-14)3-1-5-30(11-20)13-2-4-27-16(6-13)21(24,25)26/h2,4,6,9,12,14,17H,1,3,5,7-8,10-11H2. The Balaban J connectivity index is 1.35. The largest absolute Gasteiger partial charge is 0.433 e. The molecule has 7 nitrogen and oxygen atoms in total. The third kappa shape index (κ3) is 3.95. The maximum absolute atomic E-state index is 13.1. The lowest BCUT2D eigenvalue weighted by atomic mass is 9.61. The van der Waals surface area contributed by atoms with Crippen molar-refractivity contribution in [3.05, 3.63) is 46.9 Å². The summed E-state index contributed by atoms with van der Waals surface area (Å²) in [6.45, 7) is 0.548. The molecule has 0 N–H and O–H groups in total. The van der Waals surface area contributed by atoms with Crippen molar-refractivity contribution in [2.24, 2.45) is 5.41 Å². The highest BCUT2D eigenvalue weighted by Crippen LogP contribution is 2.53. The van der Waals surface area contributed by atoms with Crippen LogP contribution in [0.3, 0.4) is 0 Å². The van der Waals surface area contributed by atoms with Crippen LogP contribution in [0.5, 0.6) is 0 Å². The van der Waals surface area contributed by atoms with Crippen molar-refractivity contribution in [3.8, 4) is 0 Å². The summed E-state index contributed by atoms with van der Waals surface area (Å²) < 4.78 is 67.3. The molecule has 1 spiro atoms. The summed E-state index contributed by atoms with van der Waals surface area (Å²) in [4.78, 5) is 22.6. The molecule has 2 aliphatic rings. The molecule has 3 aromatic rings. The number of hydrogen-bond acceptors (Lipinski definition) is 5. The lowest BCUT2D eigenvalue weighted by Crippen LogP contribution is -2.52. The molecular formula is C21H21F5N6O. The molecular weight excluding hydrogens is 447 g/mol. The van der Waals surface area contributed by atoms with E-state index >= 15 is 0 Å². The molecule has 5 rings (SSSR count). The van der Waals surface area contributed by atoms with E-state index in [4.69, 9.17) is 0 Å². The molecule has 12 heteroatoms. The zero-order valence-corrected chi connectivity index (χ0v) is 17.5. The molecule has 33 heavy (non-hydrogen) atoms. The van der Waals surface area contributed by atoms with Gasteiger partial charge in [0.1, 0.15) is 17.8 Å². The quantitative estimate of drug-likeness (QED) is 0.544. The van der Waals surface area contributed by atoms with Crippen LogP contribution in [0.4, 0.5) is 27.6 Å². The first-order valence-electron chi connectivity index (χ1n) is 10.6. The molecule has 1 saturated heterocycles. The Morgan fingerprint density at radius 1 is 1.21 bits per heavy atom. The Labute approximate surface area is 184 Å². The SMILES string of the molecule is O=c1c2c(cnn2CC(F)F)ncn1C1CC2(CCCN(c3ccnc(C(F)(F)F)c3)C2)C1. The van der Waals surface area contributed by atoms with E-state index in [9.17, 15) is 26.7 Å². The van der Waals surface area contributed by atoms with Crippen LogP contribution in [0.1, 0.15) is 37.4 Å². The fourth-order valence-electron chi connectivity index (χ4n) is 5.19. The smallest absolute Gasteiger partial charge is 0.371 e. The minimum absolute atomic E-state index is 0.0560. The highest BCUT2D eigenvalue weighted by molar-refractivity contribution is 5.72. The lowest BCUT2D eigenvalue weighted by Gasteiger charge is -2.53. The highest BCUT2D eigenvalue weighted by Gasteiger charge is 2.48. The zero-order valence-electron chi connectivity index (χ0n) is 17.5. The van der Waals surface area contributed by atoms with Crippen molar-refractivity contribution in [2.45, 2.75) is 50.9 Å². The predicted molar refractivity (Wildman–Crippen MR) is 109 cm³/mol. The zero-order chi connectivity index (χ0) is 23.4. The Hall–Kier alpha value is -3.05. The van der Waals surface area contributed by atoms with Gasteiger partial charge in [-0.2, -0.15) is 18.3 Å². The Morgan fingerprint density at radius 3 is 2.73 bits per heavy atom. The molecule has 0 unspecified atom stereocenters. The van der Waals surface area contributed by atoms with Gasteiger partial charge in [0, 0.05) is 31.0 Å². The van der Waals surface area contributed by atoms with Gasteiger partial charge < -0.3 is 4.90 Å². The molecule has 2 fully saturated rings. The molecule has 4 heterocycles. The first-order valence-corrected chi connectivity index (χ1v) is 10.6. The van der Waals surface area contributed by atoms with Gasteiger partial charge in [-0.3, -0.25) is 19.0 Å². The number of fused-ring (bicyclic) bond motifs is 1. The van der Waals surface area contributed by atoms with E-state index in [1.165, 1.54) is 23.3 Å². The van der Waals surface area contributed by atoms with Gasteiger partial charge in [-0.15, -0.1) is 0 Å². The summed E-state index contributed by atoms with van der Waals surface area (Å²) in [5, 5.41) is 3.86. The van der Waals surface area contributed by atoms with Gasteiger partial charge >= 0.3 is 6.18 Å². The molecule has 0 atom stereocenters. The van der Waals surface area contributed by atoms with Gasteiger partial charge in [0.2, 0.25) is 0 Å². The van der Waals surface area contributed by atoms with Crippen LogP contribution in [-0.4, -0.2) is 43.8 Å². The van der Waals surface area contributed by atoms with Crippen molar-refractivity contribution in [1.29, 1.82) is 0 Å². The third-order valence-corrected chi connectivity index (χ3v) is 6.68. The van der Waals surface area contributed by atoms with E-state index in [-0.39, 0.29) is 22.5 Å². The molecule has 176 valence electrons.